The van der Waals surface area contributed by atoms with Crippen molar-refractivity contribution in [1.82, 2.24) is 0 Å². The summed E-state index contributed by atoms with van der Waals surface area (Å²) in [6.07, 6.45) is 0. The lowest BCUT2D eigenvalue weighted by Crippen LogP contribution is -2.36. The highest BCUT2D eigenvalue weighted by molar-refractivity contribution is 9.10. The zero-order valence-corrected chi connectivity index (χ0v) is 10.2. The molecule has 2 rings (SSSR count). The number of nitrogens with zero attached hydrogens (tertiary/aromatic N) is 1. The molecule has 0 atom stereocenters. The van der Waals surface area contributed by atoms with Crippen molar-refractivity contribution in [2.24, 2.45) is 0 Å². The summed E-state index contributed by atoms with van der Waals surface area (Å²) in [5, 5.41) is 0. The maximum absolute atomic E-state index is 11.6. The Balaban J connectivity index is 2.58. The van der Waals surface area contributed by atoms with Crippen LogP contribution in [0, 0.1) is 0 Å². The van der Waals surface area contributed by atoms with Crippen molar-refractivity contribution in [2.75, 3.05) is 10.8 Å². The summed E-state index contributed by atoms with van der Waals surface area (Å²) in [6, 6.07) is 4.70. The van der Waals surface area contributed by atoms with E-state index in [1.165, 1.54) is 12.1 Å². The lowest BCUT2D eigenvalue weighted by atomic mass is 10.1. The Morgan fingerprint density at radius 2 is 2.06 bits per heavy atom. The number of hydrogen-bond donors (Lipinski definition) is 0. The van der Waals surface area contributed by atoms with Gasteiger partial charge in [-0.1, -0.05) is 15.9 Å². The van der Waals surface area contributed by atoms with E-state index in [9.17, 15) is 14.4 Å². The molecule has 2 amide bonds. The Labute approximate surface area is 104 Å². The fraction of sp³-hybridized carbons (Fsp3) is 0.100. The molecule has 0 aromatic heterocycles. The van der Waals surface area contributed by atoms with Gasteiger partial charge in [0.05, 0.1) is 11.3 Å². The minimum absolute atomic E-state index is 0.220. The van der Waals surface area contributed by atoms with Crippen molar-refractivity contribution in [2.45, 2.75) is 0 Å². The normalized spacial score (nSPS) is 14.2. The van der Waals surface area contributed by atoms with Crippen LogP contribution in [0.25, 0.3) is 0 Å². The van der Waals surface area contributed by atoms with Crippen LogP contribution < -0.4 is 4.90 Å². The molecular formula is C10H5BrClNO3. The van der Waals surface area contributed by atoms with Gasteiger partial charge in [0.15, 0.2) is 0 Å². The highest BCUT2D eigenvalue weighted by Gasteiger charge is 2.39. The standard InChI is InChI=1S/C10H5BrClNO3/c11-5-1-2-7-6(3-5)9(15)10(16)13(7)8(14)4-12/h1-3H,4H2. The maximum Gasteiger partial charge on any atom is 0.306 e. The predicted molar refractivity (Wildman–Crippen MR) is 61.7 cm³/mol. The SMILES string of the molecule is O=C1C(=O)N(C(=O)CCl)c2ccc(Br)cc21. The van der Waals surface area contributed by atoms with Crippen molar-refractivity contribution in [1.29, 1.82) is 0 Å². The molecule has 82 valence electrons. The molecule has 1 heterocycles. The van der Waals surface area contributed by atoms with E-state index < -0.39 is 17.6 Å². The van der Waals surface area contributed by atoms with Gasteiger partial charge in [-0.25, -0.2) is 4.90 Å². The quantitative estimate of drug-likeness (QED) is 0.586. The van der Waals surface area contributed by atoms with E-state index in [0.717, 1.165) is 4.90 Å². The minimum atomic E-state index is -0.848. The molecule has 0 bridgehead atoms. The number of halogens is 2. The first-order valence-electron chi connectivity index (χ1n) is 4.33. The first kappa shape index (κ1) is 11.3. The van der Waals surface area contributed by atoms with Crippen LogP contribution in [0.1, 0.15) is 10.4 Å². The third-order valence-electron chi connectivity index (χ3n) is 2.21. The second-order valence-corrected chi connectivity index (χ2v) is 4.34. The number of carbonyl (C=O) groups excluding carboxylic acids is 3. The molecule has 0 radical (unpaired) electrons. The van der Waals surface area contributed by atoms with Crippen molar-refractivity contribution in [3.63, 3.8) is 0 Å². The first-order valence-corrected chi connectivity index (χ1v) is 5.66. The average Bonchev–Trinajstić information content (AvgIpc) is 2.52. The lowest BCUT2D eigenvalue weighted by Gasteiger charge is -2.12. The number of imide groups is 1. The fourth-order valence-corrected chi connectivity index (χ4v) is 2.00. The van der Waals surface area contributed by atoms with Crippen LogP contribution in [-0.2, 0) is 9.59 Å². The monoisotopic (exact) mass is 301 g/mol. The number of benzene rings is 1. The van der Waals surface area contributed by atoms with Crippen LogP contribution in [0.15, 0.2) is 22.7 Å². The number of carbonyl (C=O) groups is 3. The Bertz CT molecular complexity index is 515. The van der Waals surface area contributed by atoms with E-state index in [1.807, 2.05) is 0 Å². The second-order valence-electron chi connectivity index (χ2n) is 3.16. The number of amides is 2. The largest absolute Gasteiger partial charge is 0.306 e. The molecule has 4 nitrogen and oxygen atoms in total. The zero-order chi connectivity index (χ0) is 11.9. The molecule has 16 heavy (non-hydrogen) atoms. The smallest absolute Gasteiger partial charge is 0.283 e. The van der Waals surface area contributed by atoms with Crippen LogP contribution in [0.3, 0.4) is 0 Å². The van der Waals surface area contributed by atoms with E-state index >= 15 is 0 Å². The molecule has 1 aliphatic rings. The third-order valence-corrected chi connectivity index (χ3v) is 2.93. The summed E-state index contributed by atoms with van der Waals surface area (Å²) in [5.74, 6) is -2.47. The molecule has 0 spiro atoms. The Hall–Kier alpha value is -1.20. The van der Waals surface area contributed by atoms with Crippen molar-refractivity contribution < 1.29 is 14.4 Å². The Kier molecular flexibility index (Phi) is 2.82. The Morgan fingerprint density at radius 1 is 1.38 bits per heavy atom. The average molecular weight is 303 g/mol. The van der Waals surface area contributed by atoms with Crippen LogP contribution in [-0.4, -0.2) is 23.5 Å². The van der Waals surface area contributed by atoms with Gasteiger partial charge >= 0.3 is 5.91 Å². The van der Waals surface area contributed by atoms with Crippen molar-refractivity contribution >= 4 is 50.8 Å². The number of fused-ring (bicyclic) bond motifs is 1. The summed E-state index contributed by atoms with van der Waals surface area (Å²) >= 11 is 8.57. The molecule has 1 aromatic carbocycles. The van der Waals surface area contributed by atoms with Crippen LogP contribution >= 0.6 is 27.5 Å². The van der Waals surface area contributed by atoms with Gasteiger partial charge in [0.2, 0.25) is 5.91 Å². The topological polar surface area (TPSA) is 54.5 Å². The summed E-state index contributed by atoms with van der Waals surface area (Å²) in [4.78, 5) is 35.4. The number of anilines is 1. The molecule has 1 aliphatic heterocycles. The second kappa shape index (κ2) is 3.99. The van der Waals surface area contributed by atoms with E-state index in [1.54, 1.807) is 6.07 Å². The van der Waals surface area contributed by atoms with E-state index in [0.29, 0.717) is 10.2 Å². The van der Waals surface area contributed by atoms with Crippen LogP contribution in [0.2, 0.25) is 0 Å². The molecule has 6 heteroatoms. The van der Waals surface area contributed by atoms with Gasteiger partial charge in [-0.15, -0.1) is 11.6 Å². The van der Waals surface area contributed by atoms with E-state index in [2.05, 4.69) is 15.9 Å². The molecule has 0 fully saturated rings. The molecule has 0 aliphatic carbocycles. The predicted octanol–water partition coefficient (Wildman–Crippen LogP) is 1.74. The molecule has 1 aromatic rings. The zero-order valence-electron chi connectivity index (χ0n) is 7.87. The third kappa shape index (κ3) is 1.56. The summed E-state index contributed by atoms with van der Waals surface area (Å²) in [6.45, 7) is 0. The fourth-order valence-electron chi connectivity index (χ4n) is 1.52. The number of alkyl halides is 1. The van der Waals surface area contributed by atoms with Gasteiger partial charge in [0, 0.05) is 4.47 Å². The lowest BCUT2D eigenvalue weighted by molar-refractivity contribution is -0.122. The van der Waals surface area contributed by atoms with Gasteiger partial charge in [-0.3, -0.25) is 14.4 Å². The van der Waals surface area contributed by atoms with Gasteiger partial charge in [0.1, 0.15) is 5.88 Å². The highest BCUT2D eigenvalue weighted by atomic mass is 79.9. The van der Waals surface area contributed by atoms with Crippen LogP contribution in [0.4, 0.5) is 5.69 Å². The number of hydrogen-bond acceptors (Lipinski definition) is 3. The van der Waals surface area contributed by atoms with Crippen molar-refractivity contribution in [3.8, 4) is 0 Å². The van der Waals surface area contributed by atoms with Crippen molar-refractivity contribution in [3.05, 3.63) is 28.2 Å². The first-order chi connectivity index (χ1) is 7.56. The molecule has 0 N–H and O–H groups in total. The highest BCUT2D eigenvalue weighted by Crippen LogP contribution is 2.31. The molecule has 0 unspecified atom stereocenters. The van der Waals surface area contributed by atoms with E-state index in [4.69, 9.17) is 11.6 Å². The van der Waals surface area contributed by atoms with Crippen LogP contribution in [0.5, 0.6) is 0 Å². The van der Waals surface area contributed by atoms with Gasteiger partial charge < -0.3 is 0 Å². The molecule has 0 saturated carbocycles. The van der Waals surface area contributed by atoms with Gasteiger partial charge in [-0.2, -0.15) is 0 Å². The Morgan fingerprint density at radius 3 is 2.69 bits per heavy atom. The maximum atomic E-state index is 11.6. The summed E-state index contributed by atoms with van der Waals surface area (Å²) in [5.41, 5.74) is 0.515. The number of ketones is 1. The number of Topliss-reactive ketones (excluding diaryl/α,β-unsaturated/α-hetero) is 1. The van der Waals surface area contributed by atoms with E-state index in [-0.39, 0.29) is 11.4 Å². The summed E-state index contributed by atoms with van der Waals surface area (Å²) < 4.78 is 0.674. The number of rotatable bonds is 1. The minimum Gasteiger partial charge on any atom is -0.283 e. The van der Waals surface area contributed by atoms with Gasteiger partial charge in [0.25, 0.3) is 5.78 Å². The van der Waals surface area contributed by atoms with Gasteiger partial charge in [-0.05, 0) is 18.2 Å². The molecular weight excluding hydrogens is 297 g/mol. The molecule has 0 saturated heterocycles. The summed E-state index contributed by atoms with van der Waals surface area (Å²) in [7, 11) is 0.